The van der Waals surface area contributed by atoms with Gasteiger partial charge < -0.3 is 14.8 Å². The third kappa shape index (κ3) is 3.67. The Morgan fingerprint density at radius 1 is 1.10 bits per heavy atom. The predicted molar refractivity (Wildman–Crippen MR) is 83.2 cm³/mol. The van der Waals surface area contributed by atoms with Crippen molar-refractivity contribution in [3.05, 3.63) is 24.3 Å². The molecule has 1 aromatic carbocycles. The van der Waals surface area contributed by atoms with E-state index in [1.807, 2.05) is 24.3 Å². The summed E-state index contributed by atoms with van der Waals surface area (Å²) in [5, 5.41) is 3.35. The monoisotopic (exact) mass is 291 g/mol. The quantitative estimate of drug-likeness (QED) is 0.833. The van der Waals surface area contributed by atoms with E-state index in [2.05, 4.69) is 15.1 Å². The Bertz CT molecular complexity index is 443. The van der Waals surface area contributed by atoms with Crippen molar-refractivity contribution >= 4 is 0 Å². The number of hydrogen-bond acceptors (Lipinski definition) is 5. The van der Waals surface area contributed by atoms with E-state index in [4.69, 9.17) is 9.47 Å². The van der Waals surface area contributed by atoms with Crippen LogP contribution >= 0.6 is 0 Å². The summed E-state index contributed by atoms with van der Waals surface area (Å²) in [6.07, 6.45) is 0. The summed E-state index contributed by atoms with van der Waals surface area (Å²) >= 11 is 0. The van der Waals surface area contributed by atoms with Crippen LogP contribution in [-0.4, -0.2) is 75.4 Å². The standard InChI is InChI=1S/C16H25N3O2/c1-20-15-4-2-3-5-16(15)21-11-10-18-6-8-19(9-7-18)14-12-17-13-14/h2-5,14,17H,6-13H2,1H3. The third-order valence-electron chi connectivity index (χ3n) is 4.42. The number of hydrogen-bond donors (Lipinski definition) is 1. The van der Waals surface area contributed by atoms with Gasteiger partial charge in [-0.2, -0.15) is 0 Å². The SMILES string of the molecule is COc1ccccc1OCCN1CCN(C2CNC2)CC1. The molecular formula is C16H25N3O2. The lowest BCUT2D eigenvalue weighted by Gasteiger charge is -2.43. The van der Waals surface area contributed by atoms with Crippen molar-refractivity contribution in [3.63, 3.8) is 0 Å². The second-order valence-electron chi connectivity index (χ2n) is 5.69. The van der Waals surface area contributed by atoms with Crippen LogP contribution in [0.1, 0.15) is 0 Å². The van der Waals surface area contributed by atoms with Crippen LogP contribution in [-0.2, 0) is 0 Å². The number of para-hydroxylation sites is 2. The van der Waals surface area contributed by atoms with Crippen molar-refractivity contribution in [2.24, 2.45) is 0 Å². The molecule has 0 spiro atoms. The van der Waals surface area contributed by atoms with E-state index in [9.17, 15) is 0 Å². The molecule has 1 aromatic rings. The summed E-state index contributed by atoms with van der Waals surface area (Å²) in [6, 6.07) is 8.60. The van der Waals surface area contributed by atoms with Gasteiger partial charge in [-0.1, -0.05) is 12.1 Å². The molecule has 116 valence electrons. The third-order valence-corrected chi connectivity index (χ3v) is 4.42. The molecule has 0 radical (unpaired) electrons. The van der Waals surface area contributed by atoms with Gasteiger partial charge in [0.2, 0.25) is 0 Å². The number of nitrogens with one attached hydrogen (secondary N) is 1. The molecule has 0 unspecified atom stereocenters. The number of piperazine rings is 1. The van der Waals surface area contributed by atoms with Gasteiger partial charge in [0, 0.05) is 51.9 Å². The first-order chi connectivity index (χ1) is 10.4. The van der Waals surface area contributed by atoms with Crippen LogP contribution in [0.15, 0.2) is 24.3 Å². The number of rotatable bonds is 6. The lowest BCUT2D eigenvalue weighted by atomic mass is 10.1. The van der Waals surface area contributed by atoms with E-state index >= 15 is 0 Å². The van der Waals surface area contributed by atoms with E-state index < -0.39 is 0 Å². The lowest BCUT2D eigenvalue weighted by Crippen LogP contribution is -2.61. The van der Waals surface area contributed by atoms with Crippen molar-refractivity contribution in [2.75, 3.05) is 59.5 Å². The predicted octanol–water partition coefficient (Wildman–Crippen LogP) is 0.663. The van der Waals surface area contributed by atoms with Crippen LogP contribution in [0.5, 0.6) is 11.5 Å². The molecule has 0 saturated carbocycles. The zero-order valence-electron chi connectivity index (χ0n) is 12.8. The van der Waals surface area contributed by atoms with E-state index in [1.54, 1.807) is 7.11 Å². The lowest BCUT2D eigenvalue weighted by molar-refractivity contribution is 0.0661. The largest absolute Gasteiger partial charge is 0.493 e. The second kappa shape index (κ2) is 7.11. The highest BCUT2D eigenvalue weighted by molar-refractivity contribution is 5.39. The molecule has 21 heavy (non-hydrogen) atoms. The van der Waals surface area contributed by atoms with Crippen LogP contribution in [0.2, 0.25) is 0 Å². The van der Waals surface area contributed by atoms with Gasteiger partial charge in [0.1, 0.15) is 6.61 Å². The topological polar surface area (TPSA) is 37.0 Å². The van der Waals surface area contributed by atoms with Crippen LogP contribution < -0.4 is 14.8 Å². The molecule has 3 rings (SSSR count). The van der Waals surface area contributed by atoms with Crippen LogP contribution in [0.4, 0.5) is 0 Å². The molecule has 2 aliphatic rings. The molecule has 2 saturated heterocycles. The number of benzene rings is 1. The summed E-state index contributed by atoms with van der Waals surface area (Å²) in [4.78, 5) is 5.09. The van der Waals surface area contributed by atoms with E-state index in [0.717, 1.165) is 50.3 Å². The van der Waals surface area contributed by atoms with Crippen molar-refractivity contribution < 1.29 is 9.47 Å². The Kier molecular flexibility index (Phi) is 4.95. The van der Waals surface area contributed by atoms with Gasteiger partial charge in [-0.25, -0.2) is 0 Å². The number of methoxy groups -OCH3 is 1. The molecule has 5 nitrogen and oxygen atoms in total. The molecule has 2 aliphatic heterocycles. The zero-order valence-corrected chi connectivity index (χ0v) is 12.8. The normalized spacial score (nSPS) is 21.0. The summed E-state index contributed by atoms with van der Waals surface area (Å²) in [7, 11) is 1.68. The van der Waals surface area contributed by atoms with Gasteiger partial charge >= 0.3 is 0 Å². The molecule has 1 N–H and O–H groups in total. The smallest absolute Gasteiger partial charge is 0.161 e. The van der Waals surface area contributed by atoms with Gasteiger partial charge in [0.05, 0.1) is 7.11 Å². The van der Waals surface area contributed by atoms with E-state index in [-0.39, 0.29) is 0 Å². The van der Waals surface area contributed by atoms with E-state index in [1.165, 1.54) is 13.1 Å². The van der Waals surface area contributed by atoms with Gasteiger partial charge in [-0.15, -0.1) is 0 Å². The highest BCUT2D eigenvalue weighted by atomic mass is 16.5. The number of ether oxygens (including phenoxy) is 2. The summed E-state index contributed by atoms with van der Waals surface area (Å²) in [5.41, 5.74) is 0. The van der Waals surface area contributed by atoms with Crippen molar-refractivity contribution in [1.29, 1.82) is 0 Å². The maximum absolute atomic E-state index is 5.85. The Labute approximate surface area is 126 Å². The molecular weight excluding hydrogens is 266 g/mol. The molecule has 0 aromatic heterocycles. The molecule has 0 aliphatic carbocycles. The fraction of sp³-hybridized carbons (Fsp3) is 0.625. The summed E-state index contributed by atoms with van der Waals surface area (Å²) < 4.78 is 11.1. The maximum atomic E-state index is 5.85. The molecule has 0 atom stereocenters. The number of nitrogens with zero attached hydrogens (tertiary/aromatic N) is 2. The molecule has 2 fully saturated rings. The van der Waals surface area contributed by atoms with Gasteiger partial charge in [0.25, 0.3) is 0 Å². The van der Waals surface area contributed by atoms with Gasteiger partial charge in [-0.3, -0.25) is 9.80 Å². The first-order valence-electron chi connectivity index (χ1n) is 7.80. The minimum atomic E-state index is 0.714. The minimum absolute atomic E-state index is 0.714. The van der Waals surface area contributed by atoms with Gasteiger partial charge in [-0.05, 0) is 12.1 Å². The summed E-state index contributed by atoms with van der Waals surface area (Å²) in [6.45, 7) is 8.67. The Morgan fingerprint density at radius 3 is 2.43 bits per heavy atom. The van der Waals surface area contributed by atoms with E-state index in [0.29, 0.717) is 6.61 Å². The van der Waals surface area contributed by atoms with Crippen molar-refractivity contribution in [2.45, 2.75) is 6.04 Å². The average molecular weight is 291 g/mol. The van der Waals surface area contributed by atoms with Crippen LogP contribution in [0.25, 0.3) is 0 Å². The van der Waals surface area contributed by atoms with Crippen LogP contribution in [0, 0.1) is 0 Å². The average Bonchev–Trinajstić information content (AvgIpc) is 2.48. The van der Waals surface area contributed by atoms with Crippen LogP contribution in [0.3, 0.4) is 0 Å². The first kappa shape index (κ1) is 14.6. The first-order valence-corrected chi connectivity index (χ1v) is 7.80. The highest BCUT2D eigenvalue weighted by Gasteiger charge is 2.27. The summed E-state index contributed by atoms with van der Waals surface area (Å²) in [5.74, 6) is 1.64. The Hall–Kier alpha value is -1.30. The molecule has 2 heterocycles. The fourth-order valence-electron chi connectivity index (χ4n) is 2.91. The zero-order chi connectivity index (χ0) is 14.5. The highest BCUT2D eigenvalue weighted by Crippen LogP contribution is 2.25. The Morgan fingerprint density at radius 2 is 1.81 bits per heavy atom. The van der Waals surface area contributed by atoms with Gasteiger partial charge in [0.15, 0.2) is 11.5 Å². The molecule has 0 bridgehead atoms. The molecule has 5 heteroatoms. The van der Waals surface area contributed by atoms with Crippen molar-refractivity contribution in [3.8, 4) is 11.5 Å². The second-order valence-corrected chi connectivity index (χ2v) is 5.69. The molecule has 0 amide bonds. The van der Waals surface area contributed by atoms with Crippen molar-refractivity contribution in [1.82, 2.24) is 15.1 Å². The Balaban J connectivity index is 1.38. The fourth-order valence-corrected chi connectivity index (χ4v) is 2.91. The minimum Gasteiger partial charge on any atom is -0.493 e. The maximum Gasteiger partial charge on any atom is 0.161 e.